The second kappa shape index (κ2) is 65.9. The van der Waals surface area contributed by atoms with Gasteiger partial charge < -0.3 is 15.5 Å². The molecule has 0 aromatic heterocycles. The molecule has 0 fully saturated rings. The lowest BCUT2D eigenvalue weighted by atomic mass is 10.0. The van der Waals surface area contributed by atoms with Crippen molar-refractivity contribution in [3.8, 4) is 0 Å². The van der Waals surface area contributed by atoms with E-state index in [2.05, 4.69) is 92.1 Å². The van der Waals surface area contributed by atoms with Crippen LogP contribution in [0.5, 0.6) is 0 Å². The first-order valence-electron chi connectivity index (χ1n) is 33.3. The van der Waals surface area contributed by atoms with E-state index in [1.54, 1.807) is 6.08 Å². The lowest BCUT2D eigenvalue weighted by Crippen LogP contribution is -2.45. The van der Waals surface area contributed by atoms with Crippen molar-refractivity contribution < 1.29 is 15.0 Å². The third-order valence-corrected chi connectivity index (χ3v) is 15.1. The number of aliphatic hydroxyl groups excluding tert-OH is 2. The highest BCUT2D eigenvalue weighted by Crippen LogP contribution is 2.18. The Labute approximate surface area is 469 Å². The number of carbonyl (C=O) groups is 1. The topological polar surface area (TPSA) is 69.6 Å². The van der Waals surface area contributed by atoms with Crippen molar-refractivity contribution in [2.24, 2.45) is 0 Å². The van der Waals surface area contributed by atoms with Gasteiger partial charge in [0.25, 0.3) is 0 Å². The quantitative estimate of drug-likeness (QED) is 0.0420. The monoisotopic (exact) mass is 1040 g/mol. The zero-order valence-electron chi connectivity index (χ0n) is 50.3. The van der Waals surface area contributed by atoms with E-state index in [1.165, 1.54) is 257 Å². The molecule has 0 aromatic carbocycles. The lowest BCUT2D eigenvalue weighted by Gasteiger charge is -2.20. The van der Waals surface area contributed by atoms with Crippen molar-refractivity contribution in [2.75, 3.05) is 6.61 Å². The average molecular weight is 1040 g/mol. The molecule has 0 rings (SSSR count). The summed E-state index contributed by atoms with van der Waals surface area (Å²) in [6.07, 6.45) is 96.5. The zero-order chi connectivity index (χ0) is 54.1. The number of hydrogen-bond acceptors (Lipinski definition) is 3. The van der Waals surface area contributed by atoms with Gasteiger partial charge in [0.1, 0.15) is 0 Å². The van der Waals surface area contributed by atoms with Gasteiger partial charge in [-0.05, 0) is 70.6 Å². The Kier molecular flexibility index (Phi) is 63.7. The van der Waals surface area contributed by atoms with Gasteiger partial charge in [-0.1, -0.05) is 349 Å². The van der Waals surface area contributed by atoms with Crippen LogP contribution in [0, 0.1) is 0 Å². The van der Waals surface area contributed by atoms with Crippen LogP contribution in [0.1, 0.15) is 341 Å². The molecule has 0 heterocycles. The summed E-state index contributed by atoms with van der Waals surface area (Å²) in [6.45, 7) is 4.23. The van der Waals surface area contributed by atoms with Crippen molar-refractivity contribution in [1.82, 2.24) is 5.32 Å². The number of carbonyl (C=O) groups excluding carboxylic acids is 1. The number of nitrogens with one attached hydrogen (secondary N) is 1. The predicted molar refractivity (Wildman–Crippen MR) is 336 cm³/mol. The third-order valence-electron chi connectivity index (χ3n) is 15.1. The minimum absolute atomic E-state index is 0.0602. The standard InChI is InChI=1S/C71H129NO3/c1-3-5-7-9-11-13-15-17-19-21-23-25-27-29-31-32-33-34-35-36-37-38-39-40-41-43-45-47-49-51-53-55-57-59-61-63-65-67-71(75)72-69(68-73)70(74)66-64-62-60-58-56-54-52-50-48-46-44-42-30-28-26-24-22-20-18-16-14-12-10-8-6-4-2/h5,7,11,13,17,19,23,25,29,31,33-34,64,66,69-70,73-74H,3-4,6,8-10,12,14-16,18,20-22,24,26-28,30,32,35-63,65,67-68H2,1-2H3,(H,72,75)/b7-5-,13-11-,19-17-,25-23-,31-29-,34-33-,66-64+. The highest BCUT2D eigenvalue weighted by atomic mass is 16.3. The van der Waals surface area contributed by atoms with Gasteiger partial charge in [-0.3, -0.25) is 4.79 Å². The fourth-order valence-corrected chi connectivity index (χ4v) is 10.1. The van der Waals surface area contributed by atoms with E-state index in [1.807, 2.05) is 6.08 Å². The number of aliphatic hydroxyl groups is 2. The van der Waals surface area contributed by atoms with E-state index in [0.29, 0.717) is 6.42 Å². The molecule has 0 saturated heterocycles. The Bertz CT molecular complexity index is 1320. The molecular formula is C71H129NO3. The number of rotatable bonds is 61. The van der Waals surface area contributed by atoms with Crippen LogP contribution < -0.4 is 5.32 Å². The van der Waals surface area contributed by atoms with Gasteiger partial charge in [0.2, 0.25) is 5.91 Å². The molecule has 3 N–H and O–H groups in total. The Morgan fingerprint density at radius 2 is 0.587 bits per heavy atom. The first-order chi connectivity index (χ1) is 37.2. The number of allylic oxidation sites excluding steroid dienone is 13. The van der Waals surface area contributed by atoms with Crippen LogP contribution in [0.2, 0.25) is 0 Å². The molecular weight excluding hydrogens is 915 g/mol. The number of hydrogen-bond donors (Lipinski definition) is 3. The van der Waals surface area contributed by atoms with E-state index in [4.69, 9.17) is 0 Å². The maximum absolute atomic E-state index is 12.5. The van der Waals surface area contributed by atoms with Crippen molar-refractivity contribution in [2.45, 2.75) is 353 Å². The molecule has 0 aromatic rings. The summed E-state index contributed by atoms with van der Waals surface area (Å²) in [5, 5.41) is 23.3. The van der Waals surface area contributed by atoms with E-state index in [-0.39, 0.29) is 12.5 Å². The summed E-state index contributed by atoms with van der Waals surface area (Å²) in [5.74, 6) is -0.0602. The average Bonchev–Trinajstić information content (AvgIpc) is 3.41. The summed E-state index contributed by atoms with van der Waals surface area (Å²) in [4.78, 5) is 12.5. The Balaban J connectivity index is 3.47. The van der Waals surface area contributed by atoms with E-state index in [0.717, 1.165) is 64.2 Å². The normalized spacial score (nSPS) is 13.3. The molecule has 436 valence electrons. The molecule has 4 nitrogen and oxygen atoms in total. The molecule has 4 heteroatoms. The fraction of sp³-hybridized carbons (Fsp3) is 0.789. The van der Waals surface area contributed by atoms with Crippen LogP contribution >= 0.6 is 0 Å². The largest absolute Gasteiger partial charge is 0.394 e. The van der Waals surface area contributed by atoms with Crippen LogP contribution in [-0.2, 0) is 4.79 Å². The summed E-state index contributed by atoms with van der Waals surface area (Å²) >= 11 is 0. The maximum Gasteiger partial charge on any atom is 0.220 e. The summed E-state index contributed by atoms with van der Waals surface area (Å²) in [7, 11) is 0. The van der Waals surface area contributed by atoms with Gasteiger partial charge in [0, 0.05) is 6.42 Å². The second-order valence-corrected chi connectivity index (χ2v) is 22.5. The molecule has 75 heavy (non-hydrogen) atoms. The van der Waals surface area contributed by atoms with Crippen LogP contribution in [0.25, 0.3) is 0 Å². The first-order valence-corrected chi connectivity index (χ1v) is 33.3. The van der Waals surface area contributed by atoms with E-state index < -0.39 is 12.1 Å². The van der Waals surface area contributed by atoms with Crippen LogP contribution in [0.3, 0.4) is 0 Å². The highest BCUT2D eigenvalue weighted by Gasteiger charge is 2.18. The van der Waals surface area contributed by atoms with E-state index >= 15 is 0 Å². The smallest absolute Gasteiger partial charge is 0.220 e. The highest BCUT2D eigenvalue weighted by molar-refractivity contribution is 5.76. The second-order valence-electron chi connectivity index (χ2n) is 22.5. The molecule has 0 spiro atoms. The van der Waals surface area contributed by atoms with E-state index in [9.17, 15) is 15.0 Å². The summed E-state index contributed by atoms with van der Waals surface area (Å²) in [5.41, 5.74) is 0. The first kappa shape index (κ1) is 72.6. The summed E-state index contributed by atoms with van der Waals surface area (Å²) in [6, 6.07) is -0.626. The molecule has 0 radical (unpaired) electrons. The fourth-order valence-electron chi connectivity index (χ4n) is 10.1. The van der Waals surface area contributed by atoms with Crippen LogP contribution in [0.4, 0.5) is 0 Å². The molecule has 0 aliphatic heterocycles. The zero-order valence-corrected chi connectivity index (χ0v) is 50.3. The molecule has 2 unspecified atom stereocenters. The number of unbranched alkanes of at least 4 members (excludes halogenated alkanes) is 42. The minimum Gasteiger partial charge on any atom is -0.394 e. The van der Waals surface area contributed by atoms with Gasteiger partial charge in [-0.25, -0.2) is 0 Å². The Hall–Kier alpha value is -2.43. The molecule has 2 atom stereocenters. The SMILES string of the molecule is CC/C=C\C/C=C\C/C=C\C/C=C\C/C=C\C/C=C\CCCCCCCCCCCCCCCCCCCCC(=O)NC(CO)C(O)/C=C/CCCCCCCCCCCCCCCCCCCCCCCCCC. The van der Waals surface area contributed by atoms with Crippen molar-refractivity contribution in [1.29, 1.82) is 0 Å². The number of amides is 1. The predicted octanol–water partition coefficient (Wildman–Crippen LogP) is 22.7. The Morgan fingerprint density at radius 1 is 0.333 bits per heavy atom. The third kappa shape index (κ3) is 62.3. The molecule has 0 aliphatic carbocycles. The van der Waals surface area contributed by atoms with Gasteiger partial charge in [0.05, 0.1) is 18.8 Å². The molecule has 0 saturated carbocycles. The van der Waals surface area contributed by atoms with Crippen LogP contribution in [-0.4, -0.2) is 34.9 Å². The minimum atomic E-state index is -0.843. The van der Waals surface area contributed by atoms with Gasteiger partial charge in [0.15, 0.2) is 0 Å². The van der Waals surface area contributed by atoms with Crippen molar-refractivity contribution in [3.63, 3.8) is 0 Å². The molecule has 0 aliphatic rings. The molecule has 1 amide bonds. The lowest BCUT2D eigenvalue weighted by molar-refractivity contribution is -0.123. The van der Waals surface area contributed by atoms with Crippen molar-refractivity contribution in [3.05, 3.63) is 85.1 Å². The van der Waals surface area contributed by atoms with Gasteiger partial charge in [-0.15, -0.1) is 0 Å². The summed E-state index contributed by atoms with van der Waals surface area (Å²) < 4.78 is 0. The van der Waals surface area contributed by atoms with Crippen molar-refractivity contribution >= 4 is 5.91 Å². The van der Waals surface area contributed by atoms with Crippen LogP contribution in [0.15, 0.2) is 85.1 Å². The molecule has 0 bridgehead atoms. The Morgan fingerprint density at radius 3 is 0.880 bits per heavy atom. The maximum atomic E-state index is 12.5. The van der Waals surface area contributed by atoms with Gasteiger partial charge in [-0.2, -0.15) is 0 Å². The van der Waals surface area contributed by atoms with Gasteiger partial charge >= 0.3 is 0 Å².